The summed E-state index contributed by atoms with van der Waals surface area (Å²) >= 11 is 0. The van der Waals surface area contributed by atoms with Crippen molar-refractivity contribution in [3.05, 3.63) is 53.8 Å². The van der Waals surface area contributed by atoms with Gasteiger partial charge in [-0.2, -0.15) is 0 Å². The number of aliphatic hydroxyl groups is 1. The minimum Gasteiger partial charge on any atom is -0.503 e. The summed E-state index contributed by atoms with van der Waals surface area (Å²) in [7, 11) is 0. The highest BCUT2D eigenvalue weighted by molar-refractivity contribution is 5.81. The third-order valence-electron chi connectivity index (χ3n) is 5.64. The van der Waals surface area contributed by atoms with Gasteiger partial charge >= 0.3 is 0 Å². The van der Waals surface area contributed by atoms with Gasteiger partial charge in [0.2, 0.25) is 5.91 Å². The van der Waals surface area contributed by atoms with Gasteiger partial charge in [-0.25, -0.2) is 8.78 Å². The zero-order chi connectivity index (χ0) is 19.9. The Kier molecular flexibility index (Phi) is 7.06. The van der Waals surface area contributed by atoms with E-state index in [2.05, 4.69) is 5.32 Å². The topological polar surface area (TPSA) is 58.6 Å². The lowest BCUT2D eigenvalue weighted by atomic mass is 9.80. The van der Waals surface area contributed by atoms with E-state index in [1.807, 2.05) is 30.3 Å². The number of carbonyl (C=O) groups excluding carboxylic acids is 1. The second-order valence-electron chi connectivity index (χ2n) is 7.66. The highest BCUT2D eigenvalue weighted by Crippen LogP contribution is 2.32. The van der Waals surface area contributed by atoms with Crippen LogP contribution in [0.15, 0.2) is 53.8 Å². The number of hydrogen-bond acceptors (Lipinski definition) is 3. The van der Waals surface area contributed by atoms with E-state index >= 15 is 0 Å². The van der Waals surface area contributed by atoms with Crippen LogP contribution in [0.3, 0.4) is 0 Å². The molecule has 1 unspecified atom stereocenters. The maximum Gasteiger partial charge on any atom is 0.227 e. The molecule has 3 rings (SSSR count). The van der Waals surface area contributed by atoms with E-state index in [-0.39, 0.29) is 6.42 Å². The average Bonchev–Trinajstić information content (AvgIpc) is 2.71. The lowest BCUT2D eigenvalue weighted by molar-refractivity contribution is -0.124. The van der Waals surface area contributed by atoms with Crippen molar-refractivity contribution >= 4 is 5.91 Å². The Hall–Kier alpha value is -2.37. The van der Waals surface area contributed by atoms with Crippen LogP contribution < -0.4 is 10.1 Å². The van der Waals surface area contributed by atoms with Crippen molar-refractivity contribution in [2.75, 3.05) is 13.2 Å². The van der Waals surface area contributed by atoms with Gasteiger partial charge in [0, 0.05) is 13.0 Å². The summed E-state index contributed by atoms with van der Waals surface area (Å²) in [5, 5.41) is 12.0. The van der Waals surface area contributed by atoms with Crippen LogP contribution in [0.2, 0.25) is 0 Å². The average molecular weight is 391 g/mol. The Morgan fingerprint density at radius 1 is 1.11 bits per heavy atom. The van der Waals surface area contributed by atoms with Crippen molar-refractivity contribution in [2.24, 2.45) is 17.8 Å². The number of hydrogen-bond donors (Lipinski definition) is 2. The van der Waals surface area contributed by atoms with Crippen molar-refractivity contribution in [1.29, 1.82) is 0 Å². The summed E-state index contributed by atoms with van der Waals surface area (Å²) in [6, 6.07) is 9.79. The molecule has 0 aromatic heterocycles. The summed E-state index contributed by atoms with van der Waals surface area (Å²) in [5.74, 6) is -2.40. The SMILES string of the molecule is O=C(NCC1CCC(CCOc2ccccc2)CC1)C1C=C(F)C(O)=C(F)C1. The summed E-state index contributed by atoms with van der Waals surface area (Å²) in [4.78, 5) is 12.2. The van der Waals surface area contributed by atoms with Crippen LogP contribution in [0, 0.1) is 17.8 Å². The molecule has 0 bridgehead atoms. The fourth-order valence-electron chi connectivity index (χ4n) is 3.86. The van der Waals surface area contributed by atoms with Crippen LogP contribution >= 0.6 is 0 Å². The first kappa shape index (κ1) is 20.4. The minimum absolute atomic E-state index is 0.292. The molecule has 1 saturated carbocycles. The fourth-order valence-corrected chi connectivity index (χ4v) is 3.86. The number of rotatable bonds is 7. The maximum atomic E-state index is 13.4. The van der Waals surface area contributed by atoms with Gasteiger partial charge < -0.3 is 15.2 Å². The Labute approximate surface area is 164 Å². The molecule has 0 saturated heterocycles. The van der Waals surface area contributed by atoms with Crippen LogP contribution in [0.4, 0.5) is 8.78 Å². The van der Waals surface area contributed by atoms with Gasteiger partial charge in [0.1, 0.15) is 11.6 Å². The predicted octanol–water partition coefficient (Wildman–Crippen LogP) is 4.99. The first-order valence-corrected chi connectivity index (χ1v) is 9.93. The van der Waals surface area contributed by atoms with E-state index in [1.165, 1.54) is 0 Å². The number of amides is 1. The number of allylic oxidation sites excluding steroid dienone is 2. The van der Waals surface area contributed by atoms with E-state index < -0.39 is 29.2 Å². The standard InChI is InChI=1S/C22H27F2NO3/c23-19-12-17(13-20(24)21(19)26)22(27)25-14-16-8-6-15(7-9-16)10-11-28-18-4-2-1-3-5-18/h1-5,12,15-17,26H,6-11,13-14H2,(H,25,27). The summed E-state index contributed by atoms with van der Waals surface area (Å²) < 4.78 is 32.6. The monoisotopic (exact) mass is 391 g/mol. The third kappa shape index (κ3) is 5.57. The minimum atomic E-state index is -1.07. The Morgan fingerprint density at radius 2 is 1.79 bits per heavy atom. The summed E-state index contributed by atoms with van der Waals surface area (Å²) in [6.45, 7) is 1.23. The fraction of sp³-hybridized carbons (Fsp3) is 0.500. The molecule has 0 aliphatic heterocycles. The lowest BCUT2D eigenvalue weighted by Crippen LogP contribution is -2.35. The molecule has 1 atom stereocenters. The van der Waals surface area contributed by atoms with Crippen LogP contribution in [-0.2, 0) is 4.79 Å². The molecule has 4 nitrogen and oxygen atoms in total. The van der Waals surface area contributed by atoms with E-state index in [4.69, 9.17) is 9.84 Å². The van der Waals surface area contributed by atoms with Crippen molar-refractivity contribution in [3.8, 4) is 5.75 Å². The van der Waals surface area contributed by atoms with Crippen molar-refractivity contribution in [2.45, 2.75) is 38.5 Å². The molecule has 28 heavy (non-hydrogen) atoms. The van der Waals surface area contributed by atoms with E-state index in [0.717, 1.165) is 43.9 Å². The number of para-hydroxylation sites is 1. The molecule has 1 aromatic rings. The van der Waals surface area contributed by atoms with Crippen molar-refractivity contribution in [1.82, 2.24) is 5.32 Å². The molecule has 2 aliphatic carbocycles. The molecular formula is C22H27F2NO3. The summed E-state index contributed by atoms with van der Waals surface area (Å²) in [5.41, 5.74) is 0. The number of ether oxygens (including phenoxy) is 1. The third-order valence-corrected chi connectivity index (χ3v) is 5.64. The van der Waals surface area contributed by atoms with Gasteiger partial charge in [0.25, 0.3) is 0 Å². The van der Waals surface area contributed by atoms with Crippen molar-refractivity contribution < 1.29 is 23.4 Å². The lowest BCUT2D eigenvalue weighted by Gasteiger charge is -2.29. The zero-order valence-electron chi connectivity index (χ0n) is 15.9. The zero-order valence-corrected chi connectivity index (χ0v) is 15.9. The Balaban J connectivity index is 1.33. The van der Waals surface area contributed by atoms with Gasteiger partial charge in [0.05, 0.1) is 12.5 Å². The molecule has 2 aliphatic rings. The highest BCUT2D eigenvalue weighted by atomic mass is 19.1. The van der Waals surface area contributed by atoms with Crippen LogP contribution in [0.1, 0.15) is 38.5 Å². The van der Waals surface area contributed by atoms with E-state index in [1.54, 1.807) is 0 Å². The molecule has 0 radical (unpaired) electrons. The quantitative estimate of drug-likeness (QED) is 0.688. The number of carbonyl (C=O) groups is 1. The number of aliphatic hydroxyl groups excluding tert-OH is 1. The molecule has 2 N–H and O–H groups in total. The Morgan fingerprint density at radius 3 is 2.46 bits per heavy atom. The maximum absolute atomic E-state index is 13.4. The predicted molar refractivity (Wildman–Crippen MR) is 103 cm³/mol. The van der Waals surface area contributed by atoms with Crippen LogP contribution in [0.5, 0.6) is 5.75 Å². The molecule has 152 valence electrons. The van der Waals surface area contributed by atoms with Gasteiger partial charge in [-0.05, 0) is 62.1 Å². The summed E-state index contributed by atoms with van der Waals surface area (Å²) in [6.07, 6.45) is 5.97. The smallest absolute Gasteiger partial charge is 0.227 e. The van der Waals surface area contributed by atoms with E-state index in [0.29, 0.717) is 25.0 Å². The molecule has 1 fully saturated rings. The molecule has 1 amide bonds. The molecule has 6 heteroatoms. The van der Waals surface area contributed by atoms with E-state index in [9.17, 15) is 13.6 Å². The second kappa shape index (κ2) is 9.71. The van der Waals surface area contributed by atoms with Gasteiger partial charge in [-0.3, -0.25) is 4.79 Å². The first-order valence-electron chi connectivity index (χ1n) is 9.93. The number of benzene rings is 1. The second-order valence-corrected chi connectivity index (χ2v) is 7.66. The van der Waals surface area contributed by atoms with Crippen LogP contribution in [-0.4, -0.2) is 24.2 Å². The van der Waals surface area contributed by atoms with Crippen LogP contribution in [0.25, 0.3) is 0 Å². The van der Waals surface area contributed by atoms with Gasteiger partial charge in [-0.1, -0.05) is 18.2 Å². The Bertz CT molecular complexity index is 725. The highest BCUT2D eigenvalue weighted by Gasteiger charge is 2.28. The normalized spacial score (nSPS) is 25.2. The number of halogens is 2. The van der Waals surface area contributed by atoms with Gasteiger partial charge in [-0.15, -0.1) is 0 Å². The molecule has 0 spiro atoms. The number of nitrogens with one attached hydrogen (secondary N) is 1. The largest absolute Gasteiger partial charge is 0.503 e. The van der Waals surface area contributed by atoms with Gasteiger partial charge in [0.15, 0.2) is 11.6 Å². The van der Waals surface area contributed by atoms with Crippen molar-refractivity contribution in [3.63, 3.8) is 0 Å². The molecular weight excluding hydrogens is 364 g/mol. The molecule has 0 heterocycles. The molecule has 1 aromatic carbocycles. The first-order chi connectivity index (χ1) is 13.5.